The maximum absolute atomic E-state index is 12.3. The van der Waals surface area contributed by atoms with Crippen molar-refractivity contribution < 1.29 is 9.72 Å². The molecule has 2 heterocycles. The van der Waals surface area contributed by atoms with Gasteiger partial charge in [-0.25, -0.2) is 4.98 Å². The Labute approximate surface area is 179 Å². The molecule has 4 rings (SSSR count). The minimum atomic E-state index is -0.392. The van der Waals surface area contributed by atoms with Gasteiger partial charge in [0.1, 0.15) is 0 Å². The number of halogens is 1. The number of hydrogen-bond acceptors (Lipinski definition) is 7. The molecule has 0 bridgehead atoms. The third-order valence-electron chi connectivity index (χ3n) is 4.71. The molecule has 1 aromatic heterocycles. The van der Waals surface area contributed by atoms with Gasteiger partial charge in [-0.1, -0.05) is 27.3 Å². The molecule has 3 aromatic rings. The van der Waals surface area contributed by atoms with Crippen LogP contribution in [0.5, 0.6) is 0 Å². The summed E-state index contributed by atoms with van der Waals surface area (Å²) in [5.74, 6) is -0.0342. The second-order valence-corrected chi connectivity index (χ2v) is 8.65. The van der Waals surface area contributed by atoms with Crippen LogP contribution >= 0.6 is 27.3 Å². The fourth-order valence-electron chi connectivity index (χ4n) is 3.18. The average Bonchev–Trinajstić information content (AvgIpc) is 3.13. The van der Waals surface area contributed by atoms with Crippen LogP contribution in [-0.4, -0.2) is 53.4 Å². The maximum Gasteiger partial charge on any atom is 0.270 e. The van der Waals surface area contributed by atoms with Crippen LogP contribution in [0.4, 0.5) is 16.5 Å². The van der Waals surface area contributed by atoms with E-state index >= 15 is 0 Å². The Hall–Kier alpha value is -2.56. The van der Waals surface area contributed by atoms with E-state index in [1.807, 2.05) is 24.3 Å². The van der Waals surface area contributed by atoms with Crippen LogP contribution in [0.1, 0.15) is 0 Å². The van der Waals surface area contributed by atoms with Gasteiger partial charge >= 0.3 is 0 Å². The summed E-state index contributed by atoms with van der Waals surface area (Å²) in [6.07, 6.45) is 0. The summed E-state index contributed by atoms with van der Waals surface area (Å²) in [5, 5.41) is 14.7. The third-order valence-corrected chi connectivity index (χ3v) is 6.32. The van der Waals surface area contributed by atoms with Crippen LogP contribution in [0.25, 0.3) is 10.2 Å². The normalized spacial score (nSPS) is 14.9. The molecular formula is C19H18BrN5O3S. The minimum absolute atomic E-state index is 0.0342. The molecule has 0 saturated carbocycles. The zero-order chi connectivity index (χ0) is 20.4. The van der Waals surface area contributed by atoms with Gasteiger partial charge < -0.3 is 10.2 Å². The highest BCUT2D eigenvalue weighted by Crippen LogP contribution is 2.31. The smallest absolute Gasteiger partial charge is 0.270 e. The Kier molecular flexibility index (Phi) is 5.74. The number of aromatic nitrogens is 1. The summed E-state index contributed by atoms with van der Waals surface area (Å²) in [5.41, 5.74) is 1.63. The molecular weight excluding hydrogens is 458 g/mol. The fraction of sp³-hybridized carbons (Fsp3) is 0.263. The predicted octanol–water partition coefficient (Wildman–Crippen LogP) is 3.73. The van der Waals surface area contributed by atoms with Crippen molar-refractivity contribution in [3.05, 3.63) is 57.1 Å². The lowest BCUT2D eigenvalue weighted by atomic mass is 10.3. The van der Waals surface area contributed by atoms with Crippen LogP contribution in [0, 0.1) is 10.1 Å². The van der Waals surface area contributed by atoms with Gasteiger partial charge in [0, 0.05) is 48.5 Å². The average molecular weight is 476 g/mol. The van der Waals surface area contributed by atoms with E-state index in [9.17, 15) is 14.9 Å². The zero-order valence-corrected chi connectivity index (χ0v) is 17.8. The molecule has 1 N–H and O–H groups in total. The van der Waals surface area contributed by atoms with Crippen molar-refractivity contribution in [3.8, 4) is 0 Å². The minimum Gasteiger partial charge on any atom is -0.345 e. The number of hydrogen-bond donors (Lipinski definition) is 1. The first-order valence-corrected chi connectivity index (χ1v) is 10.7. The number of benzene rings is 2. The van der Waals surface area contributed by atoms with E-state index in [-0.39, 0.29) is 11.6 Å². The van der Waals surface area contributed by atoms with Gasteiger partial charge in [0.05, 0.1) is 21.7 Å². The second-order valence-electron chi connectivity index (χ2n) is 6.72. The molecule has 1 aliphatic rings. The number of thiazole rings is 1. The third kappa shape index (κ3) is 4.72. The van der Waals surface area contributed by atoms with E-state index in [0.29, 0.717) is 6.54 Å². The number of nitro groups is 1. The molecule has 0 radical (unpaired) electrons. The first-order chi connectivity index (χ1) is 14.0. The van der Waals surface area contributed by atoms with E-state index in [0.717, 1.165) is 51.7 Å². The highest BCUT2D eigenvalue weighted by atomic mass is 79.9. The molecule has 1 fully saturated rings. The number of nitro benzene ring substituents is 1. The number of fused-ring (bicyclic) bond motifs is 1. The Bertz CT molecular complexity index is 1050. The number of nitrogens with zero attached hydrogens (tertiary/aromatic N) is 4. The van der Waals surface area contributed by atoms with Gasteiger partial charge in [0.15, 0.2) is 5.13 Å². The molecule has 1 saturated heterocycles. The lowest BCUT2D eigenvalue weighted by molar-refractivity contribution is -0.384. The van der Waals surface area contributed by atoms with Crippen LogP contribution in [0.2, 0.25) is 0 Å². The molecule has 0 spiro atoms. The van der Waals surface area contributed by atoms with Crippen LogP contribution in [-0.2, 0) is 4.79 Å². The Morgan fingerprint density at radius 3 is 2.59 bits per heavy atom. The van der Waals surface area contributed by atoms with Gasteiger partial charge in [-0.05, 0) is 30.3 Å². The first kappa shape index (κ1) is 19.7. The van der Waals surface area contributed by atoms with E-state index in [1.165, 1.54) is 17.4 Å². The molecule has 10 heteroatoms. The summed E-state index contributed by atoms with van der Waals surface area (Å²) in [6, 6.07) is 12.2. The SMILES string of the molecule is O=C(CN1CCN(c2nc3ccc([N+](=O)[O-])cc3s2)CC1)Nc1ccc(Br)cc1. The molecule has 0 unspecified atom stereocenters. The molecule has 1 amide bonds. The van der Waals surface area contributed by atoms with E-state index in [1.54, 1.807) is 12.1 Å². The maximum atomic E-state index is 12.3. The number of carbonyl (C=O) groups excluding carboxylic acids is 1. The van der Waals surface area contributed by atoms with Crippen molar-refractivity contribution in [1.82, 2.24) is 9.88 Å². The molecule has 8 nitrogen and oxygen atoms in total. The fourth-order valence-corrected chi connectivity index (χ4v) is 4.50. The van der Waals surface area contributed by atoms with Gasteiger partial charge in [-0.2, -0.15) is 0 Å². The topological polar surface area (TPSA) is 91.6 Å². The van der Waals surface area contributed by atoms with Crippen LogP contribution < -0.4 is 10.2 Å². The van der Waals surface area contributed by atoms with E-state index in [2.05, 4.69) is 36.0 Å². The highest BCUT2D eigenvalue weighted by Gasteiger charge is 2.22. The van der Waals surface area contributed by atoms with Crippen molar-refractivity contribution in [3.63, 3.8) is 0 Å². The van der Waals surface area contributed by atoms with Crippen LogP contribution in [0.15, 0.2) is 46.9 Å². The zero-order valence-electron chi connectivity index (χ0n) is 15.4. The van der Waals surface area contributed by atoms with Crippen molar-refractivity contribution >= 4 is 59.9 Å². The van der Waals surface area contributed by atoms with Crippen molar-refractivity contribution in [2.24, 2.45) is 0 Å². The number of rotatable bonds is 5. The lowest BCUT2D eigenvalue weighted by Gasteiger charge is -2.34. The second kappa shape index (κ2) is 8.44. The monoisotopic (exact) mass is 475 g/mol. The van der Waals surface area contributed by atoms with E-state index < -0.39 is 4.92 Å². The molecule has 29 heavy (non-hydrogen) atoms. The van der Waals surface area contributed by atoms with Crippen molar-refractivity contribution in [2.45, 2.75) is 0 Å². The number of nitrogens with one attached hydrogen (secondary N) is 1. The molecule has 1 aliphatic heterocycles. The summed E-state index contributed by atoms with van der Waals surface area (Å²) in [4.78, 5) is 31.7. The first-order valence-electron chi connectivity index (χ1n) is 9.06. The number of amides is 1. The summed E-state index contributed by atoms with van der Waals surface area (Å²) >= 11 is 4.84. The number of carbonyl (C=O) groups is 1. The molecule has 0 aliphatic carbocycles. The quantitative estimate of drug-likeness (QED) is 0.446. The van der Waals surface area contributed by atoms with Gasteiger partial charge in [0.25, 0.3) is 5.69 Å². The van der Waals surface area contributed by atoms with Crippen molar-refractivity contribution in [1.29, 1.82) is 0 Å². The summed E-state index contributed by atoms with van der Waals surface area (Å²) < 4.78 is 1.78. The molecule has 2 aromatic carbocycles. The number of anilines is 2. The Morgan fingerprint density at radius 2 is 1.90 bits per heavy atom. The Balaban J connectivity index is 1.33. The number of non-ortho nitro benzene ring substituents is 1. The largest absolute Gasteiger partial charge is 0.345 e. The van der Waals surface area contributed by atoms with Crippen LogP contribution in [0.3, 0.4) is 0 Å². The van der Waals surface area contributed by atoms with E-state index in [4.69, 9.17) is 0 Å². The van der Waals surface area contributed by atoms with Crippen molar-refractivity contribution in [2.75, 3.05) is 42.9 Å². The predicted molar refractivity (Wildman–Crippen MR) is 118 cm³/mol. The van der Waals surface area contributed by atoms with Gasteiger partial charge in [-0.15, -0.1) is 0 Å². The molecule has 0 atom stereocenters. The lowest BCUT2D eigenvalue weighted by Crippen LogP contribution is -2.48. The molecule has 150 valence electrons. The van der Waals surface area contributed by atoms with Gasteiger partial charge in [0.2, 0.25) is 5.91 Å². The standard InChI is InChI=1S/C19H18BrN5O3S/c20-13-1-3-14(4-2-13)21-18(26)12-23-7-9-24(10-8-23)19-22-16-6-5-15(25(27)28)11-17(16)29-19/h1-6,11H,7-10,12H2,(H,21,26). The number of piperazine rings is 1. The van der Waals surface area contributed by atoms with Gasteiger partial charge in [-0.3, -0.25) is 19.8 Å². The summed E-state index contributed by atoms with van der Waals surface area (Å²) in [7, 11) is 0. The Morgan fingerprint density at radius 1 is 1.17 bits per heavy atom. The highest BCUT2D eigenvalue weighted by molar-refractivity contribution is 9.10. The summed E-state index contributed by atoms with van der Waals surface area (Å²) in [6.45, 7) is 3.37.